The van der Waals surface area contributed by atoms with Crippen LogP contribution in [0.3, 0.4) is 0 Å². The Kier molecular flexibility index (Phi) is 2.99. The van der Waals surface area contributed by atoms with Crippen LogP contribution in [-0.4, -0.2) is 23.2 Å². The van der Waals surface area contributed by atoms with Crippen LogP contribution in [0, 0.1) is 5.92 Å². The van der Waals surface area contributed by atoms with Gasteiger partial charge in [-0.05, 0) is 18.8 Å². The molecular weight excluding hydrogens is 240 g/mol. The van der Waals surface area contributed by atoms with E-state index in [0.29, 0.717) is 5.92 Å². The molecule has 7 heteroatoms. The Balaban J connectivity index is 2.51. The van der Waals surface area contributed by atoms with Crippen LogP contribution >= 0.6 is 0 Å². The molecule has 0 aliphatic heterocycles. The highest BCUT2D eigenvalue weighted by Gasteiger charge is 2.34. The maximum Gasteiger partial charge on any atom is 0.273 e. The largest absolute Gasteiger partial charge is 0.297 e. The lowest BCUT2D eigenvalue weighted by molar-refractivity contribution is 0.472. The first-order valence-corrected chi connectivity index (χ1v) is 7.34. The summed E-state index contributed by atoms with van der Waals surface area (Å²) < 4.78 is 24.6. The van der Waals surface area contributed by atoms with Crippen molar-refractivity contribution in [2.45, 2.75) is 50.7 Å². The second-order valence-electron chi connectivity index (χ2n) is 5.02. The molecular formula is C10H18N4O2S. The summed E-state index contributed by atoms with van der Waals surface area (Å²) in [5.41, 5.74) is 0. The summed E-state index contributed by atoms with van der Waals surface area (Å²) in [5, 5.41) is 12.8. The summed E-state index contributed by atoms with van der Waals surface area (Å²) in [4.78, 5) is 0. The number of nitrogens with two attached hydrogens (primary N) is 1. The Bertz CT molecular complexity index is 516. The Morgan fingerprint density at radius 2 is 1.88 bits per heavy atom. The van der Waals surface area contributed by atoms with E-state index in [1.165, 1.54) is 0 Å². The van der Waals surface area contributed by atoms with Gasteiger partial charge < -0.3 is 0 Å². The van der Waals surface area contributed by atoms with Gasteiger partial charge in [-0.25, -0.2) is 13.6 Å². The van der Waals surface area contributed by atoms with Crippen LogP contribution in [0.25, 0.3) is 0 Å². The average Bonchev–Trinajstić information content (AvgIpc) is 2.94. The summed E-state index contributed by atoms with van der Waals surface area (Å²) in [6.07, 6.45) is 1.94. The SMILES string of the molecule is CC(C)C(C)c1nnc(S(N)(=O)=O)n1C1CC1. The van der Waals surface area contributed by atoms with Crippen LogP contribution in [0.4, 0.5) is 0 Å². The summed E-state index contributed by atoms with van der Waals surface area (Å²) in [6.45, 7) is 6.18. The third-order valence-corrected chi connectivity index (χ3v) is 4.05. The third-order valence-electron chi connectivity index (χ3n) is 3.26. The first-order valence-electron chi connectivity index (χ1n) is 5.80. The first-order chi connectivity index (χ1) is 7.82. The van der Waals surface area contributed by atoms with Crippen molar-refractivity contribution >= 4 is 10.0 Å². The van der Waals surface area contributed by atoms with Gasteiger partial charge in [0.2, 0.25) is 0 Å². The summed E-state index contributed by atoms with van der Waals surface area (Å²) in [6, 6.07) is 0.203. The molecule has 0 radical (unpaired) electrons. The quantitative estimate of drug-likeness (QED) is 0.872. The molecule has 0 aromatic carbocycles. The van der Waals surface area contributed by atoms with Gasteiger partial charge in [-0.1, -0.05) is 20.8 Å². The van der Waals surface area contributed by atoms with Crippen molar-refractivity contribution in [3.8, 4) is 0 Å². The molecule has 1 aromatic rings. The van der Waals surface area contributed by atoms with Crippen LogP contribution in [0.15, 0.2) is 5.16 Å². The van der Waals surface area contributed by atoms with E-state index in [1.54, 1.807) is 4.57 Å². The van der Waals surface area contributed by atoms with Gasteiger partial charge in [0.25, 0.3) is 15.2 Å². The standard InChI is InChI=1S/C10H18N4O2S/c1-6(2)7(3)9-12-13-10(17(11,15)16)14(9)8-4-5-8/h6-8H,4-5H2,1-3H3,(H2,11,15,16). The second kappa shape index (κ2) is 4.06. The van der Waals surface area contributed by atoms with Gasteiger partial charge in [-0.15, -0.1) is 10.2 Å². The van der Waals surface area contributed by atoms with Crippen molar-refractivity contribution in [3.63, 3.8) is 0 Å². The van der Waals surface area contributed by atoms with E-state index in [9.17, 15) is 8.42 Å². The zero-order valence-corrected chi connectivity index (χ0v) is 11.1. The Labute approximate surface area is 101 Å². The summed E-state index contributed by atoms with van der Waals surface area (Å²) in [5.74, 6) is 1.27. The minimum Gasteiger partial charge on any atom is -0.297 e. The molecule has 1 unspecified atom stereocenters. The first kappa shape index (κ1) is 12.5. The van der Waals surface area contributed by atoms with Gasteiger partial charge >= 0.3 is 0 Å². The molecule has 1 fully saturated rings. The molecule has 1 aliphatic carbocycles. The Hall–Kier alpha value is -0.950. The highest BCUT2D eigenvalue weighted by atomic mass is 32.2. The fraction of sp³-hybridized carbons (Fsp3) is 0.800. The topological polar surface area (TPSA) is 90.9 Å². The van der Waals surface area contributed by atoms with E-state index < -0.39 is 10.0 Å². The number of aromatic nitrogens is 3. The highest BCUT2D eigenvalue weighted by molar-refractivity contribution is 7.89. The number of sulfonamides is 1. The minimum atomic E-state index is -3.79. The zero-order chi connectivity index (χ0) is 12.8. The van der Waals surface area contributed by atoms with E-state index in [1.807, 2.05) is 6.92 Å². The van der Waals surface area contributed by atoms with Crippen LogP contribution in [-0.2, 0) is 10.0 Å². The number of rotatable bonds is 4. The predicted molar refractivity (Wildman–Crippen MR) is 62.9 cm³/mol. The van der Waals surface area contributed by atoms with Gasteiger partial charge in [0.15, 0.2) is 0 Å². The van der Waals surface area contributed by atoms with Crippen molar-refractivity contribution in [2.75, 3.05) is 0 Å². The third kappa shape index (κ3) is 2.35. The van der Waals surface area contributed by atoms with E-state index in [2.05, 4.69) is 24.0 Å². The molecule has 1 aromatic heterocycles. The lowest BCUT2D eigenvalue weighted by Gasteiger charge is -2.16. The van der Waals surface area contributed by atoms with E-state index in [0.717, 1.165) is 18.7 Å². The molecule has 0 spiro atoms. The molecule has 6 nitrogen and oxygen atoms in total. The second-order valence-corrected chi connectivity index (χ2v) is 6.47. The van der Waals surface area contributed by atoms with Gasteiger partial charge in [0.1, 0.15) is 5.82 Å². The monoisotopic (exact) mass is 258 g/mol. The number of primary sulfonamides is 1. The lowest BCUT2D eigenvalue weighted by Crippen LogP contribution is -2.20. The maximum atomic E-state index is 11.4. The van der Waals surface area contributed by atoms with E-state index >= 15 is 0 Å². The predicted octanol–water partition coefficient (Wildman–Crippen LogP) is 1.02. The molecule has 96 valence electrons. The Morgan fingerprint density at radius 1 is 1.29 bits per heavy atom. The van der Waals surface area contributed by atoms with Crippen molar-refractivity contribution < 1.29 is 8.42 Å². The van der Waals surface area contributed by atoms with Crippen LogP contribution in [0.5, 0.6) is 0 Å². The molecule has 1 saturated carbocycles. The van der Waals surface area contributed by atoms with Gasteiger partial charge in [-0.2, -0.15) is 0 Å². The molecule has 0 amide bonds. The average molecular weight is 258 g/mol. The lowest BCUT2D eigenvalue weighted by atomic mass is 9.97. The van der Waals surface area contributed by atoms with E-state index in [4.69, 9.17) is 5.14 Å². The maximum absolute atomic E-state index is 11.4. The molecule has 1 atom stereocenters. The molecule has 1 heterocycles. The highest BCUT2D eigenvalue weighted by Crippen LogP contribution is 2.39. The fourth-order valence-electron chi connectivity index (χ4n) is 1.77. The normalized spacial score (nSPS) is 18.6. The zero-order valence-electron chi connectivity index (χ0n) is 10.3. The minimum absolute atomic E-state index is 0.0949. The van der Waals surface area contributed by atoms with Crippen molar-refractivity contribution in [3.05, 3.63) is 5.82 Å². The molecule has 0 bridgehead atoms. The van der Waals surface area contributed by atoms with Gasteiger partial charge in [0.05, 0.1) is 0 Å². The van der Waals surface area contributed by atoms with Crippen LogP contribution in [0.1, 0.15) is 51.4 Å². The molecule has 17 heavy (non-hydrogen) atoms. The smallest absolute Gasteiger partial charge is 0.273 e. The molecule has 1 aliphatic rings. The van der Waals surface area contributed by atoms with Gasteiger partial charge in [-0.3, -0.25) is 4.57 Å². The van der Waals surface area contributed by atoms with Crippen LogP contribution < -0.4 is 5.14 Å². The van der Waals surface area contributed by atoms with Crippen molar-refractivity contribution in [2.24, 2.45) is 11.1 Å². The number of nitrogens with zero attached hydrogens (tertiary/aromatic N) is 3. The van der Waals surface area contributed by atoms with E-state index in [-0.39, 0.29) is 17.1 Å². The molecule has 2 N–H and O–H groups in total. The van der Waals surface area contributed by atoms with Crippen molar-refractivity contribution in [1.29, 1.82) is 0 Å². The molecule has 2 rings (SSSR count). The number of hydrogen-bond donors (Lipinski definition) is 1. The molecule has 0 saturated heterocycles. The fourth-order valence-corrected chi connectivity index (χ4v) is 2.44. The number of hydrogen-bond acceptors (Lipinski definition) is 4. The summed E-state index contributed by atoms with van der Waals surface area (Å²) >= 11 is 0. The Morgan fingerprint density at radius 3 is 2.29 bits per heavy atom. The summed E-state index contributed by atoms with van der Waals surface area (Å²) in [7, 11) is -3.79. The van der Waals surface area contributed by atoms with Crippen LogP contribution in [0.2, 0.25) is 0 Å². The van der Waals surface area contributed by atoms with Crippen molar-refractivity contribution in [1.82, 2.24) is 14.8 Å². The van der Waals surface area contributed by atoms with Gasteiger partial charge in [0, 0.05) is 12.0 Å².